The van der Waals surface area contributed by atoms with Gasteiger partial charge in [-0.25, -0.2) is 0 Å². The van der Waals surface area contributed by atoms with Gasteiger partial charge in [0.05, 0.1) is 0 Å². The van der Waals surface area contributed by atoms with Gasteiger partial charge in [-0.1, -0.05) is 0 Å². The summed E-state index contributed by atoms with van der Waals surface area (Å²) in [6, 6.07) is 4.94. The van der Waals surface area contributed by atoms with E-state index >= 15 is 0 Å². The Balaban J connectivity index is 2.60. The first-order chi connectivity index (χ1) is 9.06. The van der Waals surface area contributed by atoms with E-state index in [1.54, 1.807) is 32.4 Å². The molecule has 2 rings (SSSR count). The number of nitrogens with two attached hydrogens (primary N) is 1. The van der Waals surface area contributed by atoms with E-state index in [0.717, 1.165) is 10.9 Å². The van der Waals surface area contributed by atoms with Gasteiger partial charge in [0.1, 0.15) is 11.3 Å². The van der Waals surface area contributed by atoms with Gasteiger partial charge in [0.2, 0.25) is 6.29 Å². The number of aromatic hydroxyl groups is 1. The topological polar surface area (TPSA) is 77.8 Å². The normalized spacial score (nSPS) is 13.3. The van der Waals surface area contributed by atoms with Gasteiger partial charge < -0.3 is 24.7 Å². The fourth-order valence-electron chi connectivity index (χ4n) is 2.19. The summed E-state index contributed by atoms with van der Waals surface area (Å²) in [7, 11) is 3.10. The lowest BCUT2D eigenvalue weighted by Crippen LogP contribution is -2.19. The van der Waals surface area contributed by atoms with Gasteiger partial charge in [0.25, 0.3) is 0 Å². The van der Waals surface area contributed by atoms with Crippen LogP contribution in [0.25, 0.3) is 11.0 Å². The maximum absolute atomic E-state index is 9.62. The Kier molecular flexibility index (Phi) is 4.09. The minimum atomic E-state index is -0.580. The number of furan rings is 1. The van der Waals surface area contributed by atoms with Crippen LogP contribution in [-0.2, 0) is 15.9 Å². The number of methoxy groups -OCH3 is 2. The van der Waals surface area contributed by atoms with Crippen molar-refractivity contribution in [3.8, 4) is 5.75 Å². The summed E-state index contributed by atoms with van der Waals surface area (Å²) in [6.07, 6.45) is 0.0398. The van der Waals surface area contributed by atoms with E-state index in [1.165, 1.54) is 0 Å². The summed E-state index contributed by atoms with van der Waals surface area (Å²) in [5, 5.41) is 10.5. The van der Waals surface area contributed by atoms with Crippen LogP contribution in [0, 0.1) is 0 Å². The van der Waals surface area contributed by atoms with Gasteiger partial charge in [-0.15, -0.1) is 0 Å². The highest BCUT2D eigenvalue weighted by atomic mass is 16.7. The fraction of sp³-hybridized carbons (Fsp3) is 0.429. The van der Waals surface area contributed by atoms with Crippen molar-refractivity contribution in [3.63, 3.8) is 0 Å². The molecule has 5 heteroatoms. The summed E-state index contributed by atoms with van der Waals surface area (Å²) in [5.41, 5.74) is 7.47. The summed E-state index contributed by atoms with van der Waals surface area (Å²) >= 11 is 0. The average molecular weight is 265 g/mol. The van der Waals surface area contributed by atoms with Crippen LogP contribution in [0.15, 0.2) is 22.6 Å². The zero-order valence-corrected chi connectivity index (χ0v) is 11.3. The predicted octanol–water partition coefficient (Wildman–Crippen LogP) is 2.32. The van der Waals surface area contributed by atoms with Crippen LogP contribution in [-0.4, -0.2) is 25.4 Å². The van der Waals surface area contributed by atoms with Crippen LogP contribution in [0.2, 0.25) is 0 Å². The van der Waals surface area contributed by atoms with Crippen molar-refractivity contribution in [1.82, 2.24) is 0 Å². The second-order valence-electron chi connectivity index (χ2n) is 4.61. The molecule has 2 aromatic rings. The molecule has 104 valence electrons. The van der Waals surface area contributed by atoms with E-state index < -0.39 is 6.29 Å². The largest absolute Gasteiger partial charge is 0.508 e. The van der Waals surface area contributed by atoms with Crippen LogP contribution in [0.5, 0.6) is 5.75 Å². The van der Waals surface area contributed by atoms with E-state index in [9.17, 15) is 5.11 Å². The highest BCUT2D eigenvalue weighted by molar-refractivity contribution is 5.84. The van der Waals surface area contributed by atoms with Crippen LogP contribution >= 0.6 is 0 Å². The van der Waals surface area contributed by atoms with Crippen LogP contribution < -0.4 is 5.73 Å². The Bertz CT molecular complexity index is 558. The van der Waals surface area contributed by atoms with Gasteiger partial charge in [0, 0.05) is 31.2 Å². The highest BCUT2D eigenvalue weighted by Crippen LogP contribution is 2.34. The number of phenolic OH excluding ortho intramolecular Hbond substituents is 1. The first-order valence-electron chi connectivity index (χ1n) is 6.12. The Hall–Kier alpha value is -1.56. The molecule has 0 amide bonds. The van der Waals surface area contributed by atoms with E-state index in [4.69, 9.17) is 19.6 Å². The Morgan fingerprint density at radius 1 is 1.32 bits per heavy atom. The van der Waals surface area contributed by atoms with Crippen molar-refractivity contribution < 1.29 is 19.0 Å². The van der Waals surface area contributed by atoms with E-state index in [2.05, 4.69) is 0 Å². The van der Waals surface area contributed by atoms with Crippen LogP contribution in [0.1, 0.15) is 24.5 Å². The standard InChI is InChI=1S/C14H19NO4/c1-8(15)6-11-10-7-9(16)4-5-12(10)19-13(11)14(17-2)18-3/h4-5,7-8,14,16H,6,15H2,1-3H3. The first kappa shape index (κ1) is 13.9. The molecule has 0 aliphatic heterocycles. The summed E-state index contributed by atoms with van der Waals surface area (Å²) in [6.45, 7) is 1.92. The molecular weight excluding hydrogens is 246 g/mol. The summed E-state index contributed by atoms with van der Waals surface area (Å²) < 4.78 is 16.3. The van der Waals surface area contributed by atoms with Crippen molar-refractivity contribution in [2.75, 3.05) is 14.2 Å². The molecule has 0 aliphatic rings. The second-order valence-corrected chi connectivity index (χ2v) is 4.61. The number of hydrogen-bond donors (Lipinski definition) is 2. The smallest absolute Gasteiger partial charge is 0.217 e. The Morgan fingerprint density at radius 3 is 2.58 bits per heavy atom. The van der Waals surface area contributed by atoms with Gasteiger partial charge in [-0.05, 0) is 31.5 Å². The lowest BCUT2D eigenvalue weighted by atomic mass is 10.0. The van der Waals surface area contributed by atoms with E-state index in [-0.39, 0.29) is 11.8 Å². The zero-order valence-electron chi connectivity index (χ0n) is 11.3. The van der Waals surface area contributed by atoms with Crippen LogP contribution in [0.3, 0.4) is 0 Å². The minimum Gasteiger partial charge on any atom is -0.508 e. The third-order valence-corrected chi connectivity index (χ3v) is 2.97. The maximum atomic E-state index is 9.62. The zero-order chi connectivity index (χ0) is 14.0. The van der Waals surface area contributed by atoms with Gasteiger partial charge in [0.15, 0.2) is 5.76 Å². The molecule has 19 heavy (non-hydrogen) atoms. The molecule has 1 aromatic carbocycles. The molecule has 1 atom stereocenters. The third-order valence-electron chi connectivity index (χ3n) is 2.97. The second kappa shape index (κ2) is 5.61. The third kappa shape index (κ3) is 2.73. The molecule has 0 spiro atoms. The number of fused-ring (bicyclic) bond motifs is 1. The van der Waals surface area contributed by atoms with Crippen LogP contribution in [0.4, 0.5) is 0 Å². The van der Waals surface area contributed by atoms with E-state index in [0.29, 0.717) is 17.8 Å². The highest BCUT2D eigenvalue weighted by Gasteiger charge is 2.23. The molecule has 1 heterocycles. The maximum Gasteiger partial charge on any atom is 0.217 e. The first-order valence-corrected chi connectivity index (χ1v) is 6.12. The molecule has 0 radical (unpaired) electrons. The molecule has 1 aromatic heterocycles. The SMILES string of the molecule is COC(OC)c1oc2ccc(O)cc2c1CC(C)N. The monoisotopic (exact) mass is 265 g/mol. The Morgan fingerprint density at radius 2 is 2.00 bits per heavy atom. The number of benzene rings is 1. The fourth-order valence-corrected chi connectivity index (χ4v) is 2.19. The van der Waals surface area contributed by atoms with Gasteiger partial charge in [-0.3, -0.25) is 0 Å². The minimum absolute atomic E-state index is 0.0312. The summed E-state index contributed by atoms with van der Waals surface area (Å²) in [4.78, 5) is 0. The summed E-state index contributed by atoms with van der Waals surface area (Å²) in [5.74, 6) is 0.792. The molecule has 0 aliphatic carbocycles. The molecule has 0 saturated heterocycles. The Labute approximate surface area is 111 Å². The van der Waals surface area contributed by atoms with Crippen molar-refractivity contribution in [2.24, 2.45) is 5.73 Å². The molecule has 3 N–H and O–H groups in total. The van der Waals surface area contributed by atoms with Gasteiger partial charge >= 0.3 is 0 Å². The molecule has 5 nitrogen and oxygen atoms in total. The predicted molar refractivity (Wildman–Crippen MR) is 72.0 cm³/mol. The molecular formula is C14H19NO4. The quantitative estimate of drug-likeness (QED) is 0.811. The lowest BCUT2D eigenvalue weighted by Gasteiger charge is -2.13. The van der Waals surface area contributed by atoms with Crippen molar-refractivity contribution >= 4 is 11.0 Å². The average Bonchev–Trinajstić information content (AvgIpc) is 2.69. The molecule has 0 fully saturated rings. The van der Waals surface area contributed by atoms with Gasteiger partial charge in [-0.2, -0.15) is 0 Å². The molecule has 1 unspecified atom stereocenters. The van der Waals surface area contributed by atoms with Crippen molar-refractivity contribution in [2.45, 2.75) is 25.7 Å². The van der Waals surface area contributed by atoms with Crippen molar-refractivity contribution in [1.29, 1.82) is 0 Å². The number of phenols is 1. The number of rotatable bonds is 5. The molecule has 0 bridgehead atoms. The lowest BCUT2D eigenvalue weighted by molar-refractivity contribution is -0.117. The van der Waals surface area contributed by atoms with Crippen molar-refractivity contribution in [3.05, 3.63) is 29.5 Å². The molecule has 0 saturated carbocycles. The number of hydrogen-bond acceptors (Lipinski definition) is 5. The van der Waals surface area contributed by atoms with E-state index in [1.807, 2.05) is 6.92 Å². The number of ether oxygens (including phenoxy) is 2.